The first-order chi connectivity index (χ1) is 13.5. The van der Waals surface area contributed by atoms with Crippen LogP contribution in [0.3, 0.4) is 0 Å². The van der Waals surface area contributed by atoms with Crippen molar-refractivity contribution in [3.63, 3.8) is 0 Å². The highest BCUT2D eigenvalue weighted by Crippen LogP contribution is 2.37. The molecule has 0 spiro atoms. The third-order valence-electron chi connectivity index (χ3n) is 4.54. The third-order valence-corrected chi connectivity index (χ3v) is 4.54. The van der Waals surface area contributed by atoms with Gasteiger partial charge >= 0.3 is 0 Å². The predicted octanol–water partition coefficient (Wildman–Crippen LogP) is 5.56. The van der Waals surface area contributed by atoms with E-state index in [0.717, 1.165) is 48.8 Å². The summed E-state index contributed by atoms with van der Waals surface area (Å²) in [6, 6.07) is 8.82. The lowest BCUT2D eigenvalue weighted by Crippen LogP contribution is -2.04. The number of benzene rings is 2. The fourth-order valence-electron chi connectivity index (χ4n) is 3.15. The Bertz CT molecular complexity index is 823. The second kappa shape index (κ2) is 10.5. The van der Waals surface area contributed by atoms with Gasteiger partial charge in [0, 0.05) is 22.4 Å². The van der Waals surface area contributed by atoms with Gasteiger partial charge in [-0.05, 0) is 67.3 Å². The summed E-state index contributed by atoms with van der Waals surface area (Å²) in [5, 5.41) is 10.8. The van der Waals surface area contributed by atoms with Gasteiger partial charge in [-0.2, -0.15) is 0 Å². The van der Waals surface area contributed by atoms with Crippen LogP contribution in [-0.2, 0) is 12.8 Å². The largest absolute Gasteiger partial charge is 0.507 e. The molecule has 150 valence electrons. The van der Waals surface area contributed by atoms with Crippen molar-refractivity contribution in [2.75, 3.05) is 12.3 Å². The molecule has 0 radical (unpaired) electrons. The Morgan fingerprint density at radius 1 is 1.07 bits per heavy atom. The molecule has 0 saturated carbocycles. The molecule has 0 aromatic heterocycles. The molecular formula is C24H31NO3. The average Bonchev–Trinajstić information content (AvgIpc) is 2.69. The van der Waals surface area contributed by atoms with Gasteiger partial charge in [0.2, 0.25) is 0 Å². The van der Waals surface area contributed by atoms with E-state index in [0.29, 0.717) is 29.4 Å². The zero-order chi connectivity index (χ0) is 20.5. The van der Waals surface area contributed by atoms with Crippen LogP contribution in [0, 0.1) is 0 Å². The van der Waals surface area contributed by atoms with E-state index < -0.39 is 0 Å². The molecule has 0 saturated heterocycles. The number of nitrogen functional groups attached to an aromatic ring is 1. The van der Waals surface area contributed by atoms with Crippen LogP contribution in [0.25, 0.3) is 6.08 Å². The number of phenolic OH excluding ortho intramolecular Hbond substituents is 1. The fourth-order valence-corrected chi connectivity index (χ4v) is 3.15. The lowest BCUT2D eigenvalue weighted by molar-refractivity contribution is 0.104. The van der Waals surface area contributed by atoms with Crippen molar-refractivity contribution in [1.29, 1.82) is 0 Å². The molecule has 0 aliphatic rings. The second-order valence-corrected chi connectivity index (χ2v) is 6.95. The molecule has 0 aliphatic carbocycles. The zero-order valence-electron chi connectivity index (χ0n) is 17.1. The molecule has 4 nitrogen and oxygen atoms in total. The first-order valence-electron chi connectivity index (χ1n) is 10.1. The summed E-state index contributed by atoms with van der Waals surface area (Å²) in [4.78, 5) is 12.5. The third kappa shape index (κ3) is 5.38. The molecule has 2 aromatic rings. The van der Waals surface area contributed by atoms with E-state index in [1.165, 1.54) is 0 Å². The van der Waals surface area contributed by atoms with Crippen molar-refractivity contribution in [3.8, 4) is 11.5 Å². The standard InChI is InChI=1S/C24H31NO3/c1-4-7-18-16-19(11-14-22(26)17-9-12-20(25)13-10-17)24(28-15-6-3)21(8-5-2)23(18)27/h9-14,16,27H,4-8,15,25H2,1-3H3/b14-11+. The Hall–Kier alpha value is -2.75. The number of carbonyl (C=O) groups is 1. The molecule has 3 N–H and O–H groups in total. The van der Waals surface area contributed by atoms with Gasteiger partial charge in [0.25, 0.3) is 0 Å². The van der Waals surface area contributed by atoms with Crippen molar-refractivity contribution in [2.24, 2.45) is 0 Å². The summed E-state index contributed by atoms with van der Waals surface area (Å²) in [7, 11) is 0. The summed E-state index contributed by atoms with van der Waals surface area (Å²) in [6.45, 7) is 6.78. The summed E-state index contributed by atoms with van der Waals surface area (Å²) in [5.41, 5.74) is 9.47. The van der Waals surface area contributed by atoms with Crippen LogP contribution in [0.4, 0.5) is 5.69 Å². The predicted molar refractivity (Wildman–Crippen MR) is 116 cm³/mol. The van der Waals surface area contributed by atoms with E-state index in [9.17, 15) is 9.90 Å². The Morgan fingerprint density at radius 3 is 2.36 bits per heavy atom. The molecule has 0 bridgehead atoms. The quantitative estimate of drug-likeness (QED) is 0.321. The number of rotatable bonds is 10. The minimum Gasteiger partial charge on any atom is -0.507 e. The smallest absolute Gasteiger partial charge is 0.185 e. The molecule has 4 heteroatoms. The van der Waals surface area contributed by atoms with E-state index >= 15 is 0 Å². The molecular weight excluding hydrogens is 350 g/mol. The number of phenols is 1. The number of carbonyl (C=O) groups excluding carboxylic acids is 1. The van der Waals surface area contributed by atoms with Crippen molar-refractivity contribution in [2.45, 2.75) is 52.9 Å². The van der Waals surface area contributed by atoms with Crippen molar-refractivity contribution in [1.82, 2.24) is 0 Å². The highest BCUT2D eigenvalue weighted by molar-refractivity contribution is 6.07. The van der Waals surface area contributed by atoms with Gasteiger partial charge in [0.1, 0.15) is 11.5 Å². The maximum atomic E-state index is 12.5. The monoisotopic (exact) mass is 381 g/mol. The molecule has 28 heavy (non-hydrogen) atoms. The lowest BCUT2D eigenvalue weighted by Gasteiger charge is -2.18. The number of allylic oxidation sites excluding steroid dienone is 1. The summed E-state index contributed by atoms with van der Waals surface area (Å²) in [6.07, 6.45) is 7.57. The Balaban J connectivity index is 2.46. The molecule has 2 aromatic carbocycles. The van der Waals surface area contributed by atoms with Crippen LogP contribution >= 0.6 is 0 Å². The lowest BCUT2D eigenvalue weighted by atomic mass is 9.96. The van der Waals surface area contributed by atoms with Crippen molar-refractivity contribution >= 4 is 17.5 Å². The Labute approximate surface area is 168 Å². The summed E-state index contributed by atoms with van der Waals surface area (Å²) < 4.78 is 6.00. The number of hydrogen-bond donors (Lipinski definition) is 2. The summed E-state index contributed by atoms with van der Waals surface area (Å²) in [5.74, 6) is 0.919. The van der Waals surface area contributed by atoms with Gasteiger partial charge in [-0.1, -0.05) is 33.6 Å². The number of hydrogen-bond acceptors (Lipinski definition) is 4. The van der Waals surface area contributed by atoms with Crippen molar-refractivity contribution in [3.05, 3.63) is 58.7 Å². The van der Waals surface area contributed by atoms with Crippen molar-refractivity contribution < 1.29 is 14.6 Å². The molecule has 2 rings (SSSR count). The van der Waals surface area contributed by atoms with Gasteiger partial charge in [-0.25, -0.2) is 0 Å². The van der Waals surface area contributed by atoms with Crippen LogP contribution < -0.4 is 10.5 Å². The van der Waals surface area contributed by atoms with Gasteiger partial charge in [0.05, 0.1) is 6.61 Å². The number of ether oxygens (including phenoxy) is 1. The average molecular weight is 382 g/mol. The first kappa shape index (κ1) is 21.5. The van der Waals surface area contributed by atoms with Gasteiger partial charge < -0.3 is 15.6 Å². The molecule has 0 heterocycles. The maximum Gasteiger partial charge on any atom is 0.185 e. The van der Waals surface area contributed by atoms with Gasteiger partial charge in [0.15, 0.2) is 5.78 Å². The van der Waals surface area contributed by atoms with E-state index in [4.69, 9.17) is 10.5 Å². The summed E-state index contributed by atoms with van der Waals surface area (Å²) >= 11 is 0. The number of aromatic hydroxyl groups is 1. The molecule has 0 amide bonds. The van der Waals surface area contributed by atoms with Crippen LogP contribution in [0.1, 0.15) is 67.1 Å². The topological polar surface area (TPSA) is 72.5 Å². The highest BCUT2D eigenvalue weighted by atomic mass is 16.5. The van der Waals surface area contributed by atoms with Crippen LogP contribution in [0.5, 0.6) is 11.5 Å². The second-order valence-electron chi connectivity index (χ2n) is 6.95. The van der Waals surface area contributed by atoms with Crippen LogP contribution in [0.15, 0.2) is 36.4 Å². The SMILES string of the molecule is CCCOc1c(/C=C/C(=O)c2ccc(N)cc2)cc(CCC)c(O)c1CCC. The Morgan fingerprint density at radius 2 is 1.75 bits per heavy atom. The zero-order valence-corrected chi connectivity index (χ0v) is 17.1. The van der Waals surface area contributed by atoms with Crippen LogP contribution in [-0.4, -0.2) is 17.5 Å². The van der Waals surface area contributed by atoms with E-state index in [1.54, 1.807) is 36.4 Å². The van der Waals surface area contributed by atoms with E-state index in [2.05, 4.69) is 13.8 Å². The number of ketones is 1. The molecule has 0 fully saturated rings. The number of anilines is 1. The molecule has 0 atom stereocenters. The van der Waals surface area contributed by atoms with Gasteiger partial charge in [-0.3, -0.25) is 4.79 Å². The minimum absolute atomic E-state index is 0.0939. The minimum atomic E-state index is -0.0939. The first-order valence-corrected chi connectivity index (χ1v) is 10.1. The normalized spacial score (nSPS) is 11.1. The molecule has 0 unspecified atom stereocenters. The number of nitrogens with two attached hydrogens (primary N) is 1. The van der Waals surface area contributed by atoms with Gasteiger partial charge in [-0.15, -0.1) is 0 Å². The Kier molecular flexibility index (Phi) is 8.12. The number of aryl methyl sites for hydroxylation is 1. The van der Waals surface area contributed by atoms with Crippen LogP contribution in [0.2, 0.25) is 0 Å². The van der Waals surface area contributed by atoms with E-state index in [1.807, 2.05) is 13.0 Å². The fraction of sp³-hybridized carbons (Fsp3) is 0.375. The van der Waals surface area contributed by atoms with E-state index in [-0.39, 0.29) is 5.78 Å². The highest BCUT2D eigenvalue weighted by Gasteiger charge is 2.17. The molecule has 0 aliphatic heterocycles. The maximum absolute atomic E-state index is 12.5.